The summed E-state index contributed by atoms with van der Waals surface area (Å²) in [5.41, 5.74) is 5.19. The van der Waals surface area contributed by atoms with E-state index >= 15 is 0 Å². The molecule has 7 heteroatoms. The number of hydrogen-bond donors (Lipinski definition) is 1. The van der Waals surface area contributed by atoms with E-state index < -0.39 is 6.03 Å². The van der Waals surface area contributed by atoms with E-state index in [1.807, 2.05) is 66.9 Å². The monoisotopic (exact) mass is 443 g/mol. The van der Waals surface area contributed by atoms with Gasteiger partial charge in [-0.3, -0.25) is 9.69 Å². The molecule has 0 atom stereocenters. The molecule has 3 aromatic rings. The fraction of sp³-hybridized carbons (Fsp3) is 0.192. The van der Waals surface area contributed by atoms with Crippen molar-refractivity contribution in [3.8, 4) is 5.69 Å². The number of aryl methyl sites for hydroxylation is 1. The van der Waals surface area contributed by atoms with Gasteiger partial charge in [0.15, 0.2) is 0 Å². The molecule has 1 saturated heterocycles. The standard InChI is InChI=1S/C26H25N3O4/c1-4-33-25(31)20-10-12-22(13-11-20)29-17(2)14-21(18(29)3)15-23-24(30)28(26(32)27-23)16-19-8-6-5-7-9-19/h5-15H,4,16H2,1-3H3,(H,27,32)/b23-15+. The molecular formula is C26H25N3O4. The van der Waals surface area contributed by atoms with Crippen molar-refractivity contribution in [2.24, 2.45) is 0 Å². The second kappa shape index (κ2) is 9.16. The van der Waals surface area contributed by atoms with Gasteiger partial charge in [-0.25, -0.2) is 9.59 Å². The van der Waals surface area contributed by atoms with Crippen LogP contribution in [0.4, 0.5) is 4.79 Å². The molecule has 33 heavy (non-hydrogen) atoms. The summed E-state index contributed by atoms with van der Waals surface area (Å²) in [6, 6.07) is 18.1. The molecule has 0 unspecified atom stereocenters. The normalized spacial score (nSPS) is 14.6. The number of carbonyl (C=O) groups excluding carboxylic acids is 3. The number of carbonyl (C=O) groups is 3. The molecule has 1 aliphatic rings. The lowest BCUT2D eigenvalue weighted by Crippen LogP contribution is -2.30. The first kappa shape index (κ1) is 22.1. The highest BCUT2D eigenvalue weighted by atomic mass is 16.5. The van der Waals surface area contributed by atoms with E-state index in [2.05, 4.69) is 5.32 Å². The van der Waals surface area contributed by atoms with E-state index in [9.17, 15) is 14.4 Å². The smallest absolute Gasteiger partial charge is 0.338 e. The zero-order chi connectivity index (χ0) is 23.5. The molecule has 1 fully saturated rings. The molecule has 0 spiro atoms. The lowest BCUT2D eigenvalue weighted by Gasteiger charge is -2.11. The predicted molar refractivity (Wildman–Crippen MR) is 125 cm³/mol. The summed E-state index contributed by atoms with van der Waals surface area (Å²) in [5.74, 6) is -0.710. The summed E-state index contributed by atoms with van der Waals surface area (Å²) in [6.07, 6.45) is 1.71. The van der Waals surface area contributed by atoms with Crippen LogP contribution in [0.2, 0.25) is 0 Å². The number of nitrogens with one attached hydrogen (secondary N) is 1. The SMILES string of the molecule is CCOC(=O)c1ccc(-n2c(C)cc(/C=C3/NC(=O)N(Cc4ccccc4)C3=O)c2C)cc1. The summed E-state index contributed by atoms with van der Waals surface area (Å²) in [6.45, 7) is 6.22. The van der Waals surface area contributed by atoms with Gasteiger partial charge in [0, 0.05) is 17.1 Å². The molecule has 4 rings (SSSR count). The lowest BCUT2D eigenvalue weighted by atomic mass is 10.2. The molecule has 0 radical (unpaired) electrons. The van der Waals surface area contributed by atoms with Crippen molar-refractivity contribution in [3.63, 3.8) is 0 Å². The van der Waals surface area contributed by atoms with Crippen LogP contribution >= 0.6 is 0 Å². The minimum absolute atomic E-state index is 0.217. The molecule has 2 aromatic carbocycles. The number of nitrogens with zero attached hydrogens (tertiary/aromatic N) is 2. The number of amides is 3. The largest absolute Gasteiger partial charge is 0.462 e. The van der Waals surface area contributed by atoms with Crippen LogP contribution in [0, 0.1) is 13.8 Å². The van der Waals surface area contributed by atoms with Crippen LogP contribution in [-0.4, -0.2) is 34.0 Å². The number of imide groups is 1. The number of rotatable bonds is 6. The van der Waals surface area contributed by atoms with Gasteiger partial charge in [0.1, 0.15) is 5.70 Å². The van der Waals surface area contributed by atoms with Crippen molar-refractivity contribution < 1.29 is 19.1 Å². The van der Waals surface area contributed by atoms with Crippen molar-refractivity contribution >= 4 is 24.0 Å². The molecule has 3 amide bonds. The minimum atomic E-state index is -0.432. The number of hydrogen-bond acceptors (Lipinski definition) is 4. The zero-order valence-electron chi connectivity index (χ0n) is 18.8. The van der Waals surface area contributed by atoms with Gasteiger partial charge in [-0.15, -0.1) is 0 Å². The maximum atomic E-state index is 12.9. The molecule has 1 aromatic heterocycles. The Morgan fingerprint density at radius 2 is 1.73 bits per heavy atom. The first-order chi connectivity index (χ1) is 15.9. The van der Waals surface area contributed by atoms with Gasteiger partial charge in [0.05, 0.1) is 18.7 Å². The first-order valence-corrected chi connectivity index (χ1v) is 10.7. The van der Waals surface area contributed by atoms with Gasteiger partial charge < -0.3 is 14.6 Å². The van der Waals surface area contributed by atoms with Crippen LogP contribution in [-0.2, 0) is 16.1 Å². The summed E-state index contributed by atoms with van der Waals surface area (Å²) in [4.78, 5) is 38.4. The second-order valence-corrected chi connectivity index (χ2v) is 7.79. The van der Waals surface area contributed by atoms with Crippen LogP contribution < -0.4 is 5.32 Å². The van der Waals surface area contributed by atoms with Crippen molar-refractivity contribution in [2.45, 2.75) is 27.3 Å². The van der Waals surface area contributed by atoms with Gasteiger partial charge in [0.2, 0.25) is 0 Å². The third-order valence-electron chi connectivity index (χ3n) is 5.55. The predicted octanol–water partition coefficient (Wildman–Crippen LogP) is 4.36. The highest BCUT2D eigenvalue weighted by molar-refractivity contribution is 6.14. The third-order valence-corrected chi connectivity index (χ3v) is 5.55. The summed E-state index contributed by atoms with van der Waals surface area (Å²) in [5, 5.41) is 2.69. The molecule has 2 heterocycles. The van der Waals surface area contributed by atoms with Gasteiger partial charge in [0.25, 0.3) is 5.91 Å². The van der Waals surface area contributed by atoms with Gasteiger partial charge >= 0.3 is 12.0 Å². The van der Waals surface area contributed by atoms with Crippen LogP contribution in [0.3, 0.4) is 0 Å². The second-order valence-electron chi connectivity index (χ2n) is 7.79. The summed E-state index contributed by atoms with van der Waals surface area (Å²) in [7, 11) is 0. The highest BCUT2D eigenvalue weighted by Crippen LogP contribution is 2.25. The summed E-state index contributed by atoms with van der Waals surface area (Å²) < 4.78 is 7.07. The topological polar surface area (TPSA) is 80.6 Å². The number of urea groups is 1. The fourth-order valence-corrected chi connectivity index (χ4v) is 3.93. The van der Waals surface area contributed by atoms with Gasteiger partial charge in [-0.2, -0.15) is 0 Å². The van der Waals surface area contributed by atoms with Crippen molar-refractivity contribution in [3.05, 3.63) is 94.4 Å². The molecular weight excluding hydrogens is 418 g/mol. The van der Waals surface area contributed by atoms with E-state index in [4.69, 9.17) is 4.74 Å². The Labute approximate surface area is 192 Å². The quantitative estimate of drug-likeness (QED) is 0.349. The molecule has 1 N–H and O–H groups in total. The Hall–Kier alpha value is -4.13. The van der Waals surface area contributed by atoms with Crippen LogP contribution in [0.1, 0.15) is 39.8 Å². The van der Waals surface area contributed by atoms with Crippen molar-refractivity contribution in [1.29, 1.82) is 0 Å². The van der Waals surface area contributed by atoms with Gasteiger partial charge in [-0.05, 0) is 68.3 Å². The first-order valence-electron chi connectivity index (χ1n) is 10.7. The summed E-state index contributed by atoms with van der Waals surface area (Å²) >= 11 is 0. The molecule has 0 bridgehead atoms. The van der Waals surface area contributed by atoms with Crippen LogP contribution in [0.25, 0.3) is 11.8 Å². The average molecular weight is 444 g/mol. The zero-order valence-corrected chi connectivity index (χ0v) is 18.8. The molecule has 0 aliphatic carbocycles. The van der Waals surface area contributed by atoms with E-state index in [0.717, 1.165) is 28.2 Å². The maximum Gasteiger partial charge on any atom is 0.338 e. The minimum Gasteiger partial charge on any atom is -0.462 e. The Kier molecular flexibility index (Phi) is 6.13. The van der Waals surface area contributed by atoms with Crippen LogP contribution in [0.5, 0.6) is 0 Å². The maximum absolute atomic E-state index is 12.9. The Morgan fingerprint density at radius 1 is 1.03 bits per heavy atom. The van der Waals surface area contributed by atoms with E-state index in [1.54, 1.807) is 25.1 Å². The number of aromatic nitrogens is 1. The van der Waals surface area contributed by atoms with E-state index in [-0.39, 0.29) is 24.1 Å². The Bertz CT molecular complexity index is 1240. The van der Waals surface area contributed by atoms with Gasteiger partial charge in [-0.1, -0.05) is 30.3 Å². The average Bonchev–Trinajstić information content (AvgIpc) is 3.24. The number of benzene rings is 2. The number of esters is 1. The highest BCUT2D eigenvalue weighted by Gasteiger charge is 2.33. The van der Waals surface area contributed by atoms with E-state index in [1.165, 1.54) is 4.90 Å². The molecule has 0 saturated carbocycles. The van der Waals surface area contributed by atoms with Crippen LogP contribution in [0.15, 0.2) is 66.4 Å². The fourth-order valence-electron chi connectivity index (χ4n) is 3.93. The Balaban J connectivity index is 1.59. The van der Waals surface area contributed by atoms with E-state index in [0.29, 0.717) is 12.2 Å². The van der Waals surface area contributed by atoms with Crippen molar-refractivity contribution in [2.75, 3.05) is 6.61 Å². The molecule has 168 valence electrons. The third kappa shape index (κ3) is 4.43. The molecule has 7 nitrogen and oxygen atoms in total. The lowest BCUT2D eigenvalue weighted by molar-refractivity contribution is -0.123. The Morgan fingerprint density at radius 3 is 2.39 bits per heavy atom. The number of ether oxygens (including phenoxy) is 1. The molecule has 1 aliphatic heterocycles. The van der Waals surface area contributed by atoms with Crippen molar-refractivity contribution in [1.82, 2.24) is 14.8 Å².